The average molecular weight is 124 g/mol. The number of nitrogens with zero attached hydrogens (tertiary/aromatic N) is 1. The van der Waals surface area contributed by atoms with E-state index in [9.17, 15) is 5.21 Å². The van der Waals surface area contributed by atoms with Crippen molar-refractivity contribution in [3.05, 3.63) is 35.3 Å². The van der Waals surface area contributed by atoms with Crippen LogP contribution in [0, 0.1) is 11.3 Å². The Hall–Kier alpha value is -1.09. The fourth-order valence-electron chi connectivity index (χ4n) is 0.530. The largest absolute Gasteiger partial charge is 0.618 e. The van der Waals surface area contributed by atoms with Crippen molar-refractivity contribution < 1.29 is 9.84 Å². The lowest BCUT2D eigenvalue weighted by molar-refractivity contribution is -0.616. The highest BCUT2D eigenvalue weighted by Crippen LogP contribution is 1.86. The van der Waals surface area contributed by atoms with Gasteiger partial charge in [0, 0.05) is 12.1 Å². The fourth-order valence-corrected chi connectivity index (χ4v) is 0.530. The zero-order valence-corrected chi connectivity index (χ0v) is 4.74. The molecule has 0 saturated heterocycles. The molecular formula is C6H6NO2. The molecule has 1 rings (SSSR count). The molecule has 0 unspecified atom stereocenters. The zero-order chi connectivity index (χ0) is 6.69. The summed E-state index contributed by atoms with van der Waals surface area (Å²) in [6.07, 6.45) is 1.30. The van der Waals surface area contributed by atoms with Gasteiger partial charge in [-0.3, -0.25) is 0 Å². The van der Waals surface area contributed by atoms with Crippen molar-refractivity contribution in [2.45, 2.75) is 6.61 Å². The van der Waals surface area contributed by atoms with Crippen molar-refractivity contribution >= 4 is 0 Å². The van der Waals surface area contributed by atoms with E-state index in [-0.39, 0.29) is 6.61 Å². The topological polar surface area (TPSA) is 47.2 Å². The number of rotatable bonds is 1. The zero-order valence-electron chi connectivity index (χ0n) is 4.74. The second kappa shape index (κ2) is 2.46. The first-order chi connectivity index (χ1) is 4.34. The number of aliphatic hydroxyl groups excluding tert-OH is 1. The van der Waals surface area contributed by atoms with Gasteiger partial charge in [-0.25, -0.2) is 0 Å². The smallest absolute Gasteiger partial charge is 0.218 e. The van der Waals surface area contributed by atoms with Gasteiger partial charge in [-0.1, -0.05) is 0 Å². The van der Waals surface area contributed by atoms with Crippen LogP contribution in [0.3, 0.4) is 0 Å². The van der Waals surface area contributed by atoms with Crippen LogP contribution in [0.25, 0.3) is 0 Å². The molecule has 47 valence electrons. The van der Waals surface area contributed by atoms with Gasteiger partial charge in [0.25, 0.3) is 0 Å². The Morgan fingerprint density at radius 2 is 2.56 bits per heavy atom. The van der Waals surface area contributed by atoms with E-state index >= 15 is 0 Å². The van der Waals surface area contributed by atoms with Gasteiger partial charge in [-0.15, -0.1) is 0 Å². The summed E-state index contributed by atoms with van der Waals surface area (Å²) in [4.78, 5) is 0. The number of aromatic nitrogens is 1. The molecule has 1 aromatic rings. The highest BCUT2D eigenvalue weighted by molar-refractivity contribution is 4.93. The Morgan fingerprint density at radius 3 is 3.00 bits per heavy atom. The van der Waals surface area contributed by atoms with Crippen LogP contribution in [0.2, 0.25) is 0 Å². The molecule has 3 nitrogen and oxygen atoms in total. The molecule has 0 atom stereocenters. The molecule has 1 aromatic heterocycles. The Morgan fingerprint density at radius 1 is 1.78 bits per heavy atom. The van der Waals surface area contributed by atoms with Crippen molar-refractivity contribution in [3.63, 3.8) is 0 Å². The lowest BCUT2D eigenvalue weighted by Gasteiger charge is -1.97. The molecule has 1 N–H and O–H groups in total. The summed E-state index contributed by atoms with van der Waals surface area (Å²) in [5.74, 6) is 0. The summed E-state index contributed by atoms with van der Waals surface area (Å²) in [5.41, 5.74) is 0.317. The Kier molecular flexibility index (Phi) is 1.65. The van der Waals surface area contributed by atoms with E-state index < -0.39 is 0 Å². The number of aliphatic hydroxyl groups is 1. The van der Waals surface area contributed by atoms with Crippen molar-refractivity contribution in [1.82, 2.24) is 0 Å². The van der Waals surface area contributed by atoms with Crippen molar-refractivity contribution in [2.75, 3.05) is 0 Å². The Balaban J connectivity index is 3.01. The predicted octanol–water partition coefficient (Wildman–Crippen LogP) is -0.388. The van der Waals surface area contributed by atoms with Gasteiger partial charge < -0.3 is 10.3 Å². The van der Waals surface area contributed by atoms with Gasteiger partial charge in [0.1, 0.15) is 6.61 Å². The van der Waals surface area contributed by atoms with E-state index in [0.29, 0.717) is 10.4 Å². The van der Waals surface area contributed by atoms with Crippen LogP contribution in [0.5, 0.6) is 0 Å². The molecular weight excluding hydrogens is 118 g/mol. The lowest BCUT2D eigenvalue weighted by Crippen LogP contribution is -2.30. The monoisotopic (exact) mass is 124 g/mol. The first kappa shape index (κ1) is 6.04. The minimum absolute atomic E-state index is 0.235. The first-order valence-electron chi connectivity index (χ1n) is 2.53. The third-order valence-electron chi connectivity index (χ3n) is 1.00. The number of pyridine rings is 1. The van der Waals surface area contributed by atoms with Gasteiger partial charge in [0.2, 0.25) is 5.69 Å². The summed E-state index contributed by atoms with van der Waals surface area (Å²) in [5, 5.41) is 19.1. The molecule has 0 fully saturated rings. The second-order valence-corrected chi connectivity index (χ2v) is 1.60. The highest BCUT2D eigenvalue weighted by Gasteiger charge is 1.97. The van der Waals surface area contributed by atoms with Crippen LogP contribution in [0.4, 0.5) is 0 Å². The van der Waals surface area contributed by atoms with Gasteiger partial charge in [-0.05, 0) is 6.07 Å². The third-order valence-corrected chi connectivity index (χ3v) is 1.00. The molecule has 3 heteroatoms. The molecule has 0 bridgehead atoms. The maximum atomic E-state index is 10.6. The lowest BCUT2D eigenvalue weighted by atomic mass is 10.4. The quantitative estimate of drug-likeness (QED) is 0.409. The van der Waals surface area contributed by atoms with Crippen LogP contribution in [-0.4, -0.2) is 5.11 Å². The number of hydrogen-bond donors (Lipinski definition) is 1. The molecule has 0 saturated carbocycles. The predicted molar refractivity (Wildman–Crippen MR) is 30.2 cm³/mol. The maximum absolute atomic E-state index is 10.6. The van der Waals surface area contributed by atoms with Gasteiger partial charge in [-0.2, -0.15) is 4.73 Å². The maximum Gasteiger partial charge on any atom is 0.218 e. The fraction of sp³-hybridized carbons (Fsp3) is 0.167. The summed E-state index contributed by atoms with van der Waals surface area (Å²) in [6, 6.07) is 5.62. The van der Waals surface area contributed by atoms with Crippen LogP contribution in [0.15, 0.2) is 18.3 Å². The van der Waals surface area contributed by atoms with Crippen LogP contribution in [0.1, 0.15) is 5.69 Å². The van der Waals surface area contributed by atoms with Gasteiger partial charge in [0.15, 0.2) is 6.20 Å². The van der Waals surface area contributed by atoms with Crippen LogP contribution >= 0.6 is 0 Å². The molecule has 0 aromatic carbocycles. The van der Waals surface area contributed by atoms with E-state index in [4.69, 9.17) is 5.11 Å². The summed E-state index contributed by atoms with van der Waals surface area (Å²) in [6.45, 7) is -0.235. The Bertz CT molecular complexity index is 200. The third kappa shape index (κ3) is 1.17. The molecule has 0 aliphatic heterocycles. The van der Waals surface area contributed by atoms with Crippen LogP contribution < -0.4 is 4.73 Å². The normalized spacial score (nSPS) is 9.44. The van der Waals surface area contributed by atoms with E-state index in [1.807, 2.05) is 0 Å². The van der Waals surface area contributed by atoms with E-state index in [1.54, 1.807) is 0 Å². The minimum Gasteiger partial charge on any atom is -0.618 e. The Labute approximate surface area is 52.8 Å². The molecule has 1 radical (unpaired) electrons. The minimum atomic E-state index is -0.235. The number of hydrogen-bond acceptors (Lipinski definition) is 2. The summed E-state index contributed by atoms with van der Waals surface area (Å²) >= 11 is 0. The van der Waals surface area contributed by atoms with E-state index in [0.717, 1.165) is 0 Å². The molecule has 9 heavy (non-hydrogen) atoms. The van der Waals surface area contributed by atoms with Crippen LogP contribution in [-0.2, 0) is 6.61 Å². The summed E-state index contributed by atoms with van der Waals surface area (Å²) < 4.78 is 0.608. The van der Waals surface area contributed by atoms with Crippen molar-refractivity contribution in [2.24, 2.45) is 0 Å². The van der Waals surface area contributed by atoms with Gasteiger partial charge in [0.05, 0.1) is 0 Å². The molecule has 0 aliphatic carbocycles. The van der Waals surface area contributed by atoms with Crippen molar-refractivity contribution in [3.8, 4) is 0 Å². The first-order valence-corrected chi connectivity index (χ1v) is 2.53. The second-order valence-electron chi connectivity index (χ2n) is 1.60. The molecule has 1 heterocycles. The van der Waals surface area contributed by atoms with Crippen molar-refractivity contribution in [1.29, 1.82) is 0 Å². The molecule has 0 spiro atoms. The molecule has 0 aliphatic rings. The average Bonchev–Trinajstić information content (AvgIpc) is 1.89. The standard InChI is InChI=1S/C6H6NO2/c8-5-6-3-1-2-4-7(6)9/h2-4,8H,5H2. The van der Waals surface area contributed by atoms with Gasteiger partial charge >= 0.3 is 0 Å². The van der Waals surface area contributed by atoms with E-state index in [1.165, 1.54) is 18.3 Å². The molecule has 0 amide bonds. The summed E-state index contributed by atoms with van der Waals surface area (Å²) in [7, 11) is 0. The SMILES string of the molecule is [O-][n+]1cc[c]cc1CO. The van der Waals surface area contributed by atoms with E-state index in [2.05, 4.69) is 6.07 Å². The highest BCUT2D eigenvalue weighted by atomic mass is 16.5.